The maximum Gasteiger partial charge on any atom is 0.312 e. The molecule has 382 valence electrons. The van der Waals surface area contributed by atoms with Crippen LogP contribution >= 0.6 is 0 Å². The molecule has 7 unspecified atom stereocenters. The second-order valence-corrected chi connectivity index (χ2v) is 22.2. The van der Waals surface area contributed by atoms with Gasteiger partial charge in [0, 0.05) is 30.5 Å². The Labute approximate surface area is 387 Å². The van der Waals surface area contributed by atoms with E-state index in [0.717, 1.165) is 0 Å². The highest BCUT2D eigenvalue weighted by molar-refractivity contribution is 5.77. The Hall–Kier alpha value is -1.55. The summed E-state index contributed by atoms with van der Waals surface area (Å²) >= 11 is 0. The lowest BCUT2D eigenvalue weighted by molar-refractivity contribution is -0.402. The third-order valence-corrected chi connectivity index (χ3v) is 18.9. The van der Waals surface area contributed by atoms with Crippen molar-refractivity contribution in [2.75, 3.05) is 19.8 Å². The maximum absolute atomic E-state index is 14.6. The van der Waals surface area contributed by atoms with E-state index < -0.39 is 182 Å². The maximum atomic E-state index is 14.6. The molecule has 14 N–H and O–H groups in total. The van der Waals surface area contributed by atoms with Gasteiger partial charge in [0.25, 0.3) is 0 Å². The van der Waals surface area contributed by atoms with Gasteiger partial charge in [-0.25, -0.2) is 0 Å². The first-order valence-corrected chi connectivity index (χ1v) is 24.1. The summed E-state index contributed by atoms with van der Waals surface area (Å²) < 4.78 is 38.3. The van der Waals surface area contributed by atoms with Crippen LogP contribution in [0.5, 0.6) is 0 Å². The minimum absolute atomic E-state index is 0.0590. The lowest BCUT2D eigenvalue weighted by Gasteiger charge is -2.66. The summed E-state index contributed by atoms with van der Waals surface area (Å²) in [5, 5.41) is 154. The minimum Gasteiger partial charge on any atom is -0.459 e. The van der Waals surface area contributed by atoms with Crippen molar-refractivity contribution in [2.24, 2.45) is 45.3 Å². The summed E-state index contributed by atoms with van der Waals surface area (Å²) in [6.07, 6.45) is -28.4. The van der Waals surface area contributed by atoms with E-state index in [1.165, 1.54) is 0 Å². The molecule has 3 aliphatic heterocycles. The normalized spacial score (nSPS) is 57.6. The molecule has 2 spiro atoms. The number of fused-ring (bicyclic) bond motifs is 5. The van der Waals surface area contributed by atoms with Gasteiger partial charge in [-0.15, -0.1) is 0 Å². The summed E-state index contributed by atoms with van der Waals surface area (Å²) in [6, 6.07) is 0. The number of ether oxygens (including phenoxy) is 6. The lowest BCUT2D eigenvalue weighted by Crippen LogP contribution is -2.71. The van der Waals surface area contributed by atoms with Gasteiger partial charge in [-0.2, -0.15) is 0 Å². The monoisotopic (exact) mass is 960 g/mol. The number of hydrogen-bond donors (Lipinski definition) is 14. The fourth-order valence-electron chi connectivity index (χ4n) is 15.2. The predicted molar refractivity (Wildman–Crippen MR) is 223 cm³/mol. The Bertz CT molecular complexity index is 1820. The molecule has 0 amide bonds. The highest BCUT2D eigenvalue weighted by Crippen LogP contribution is 2.76. The van der Waals surface area contributed by atoms with E-state index in [1.807, 2.05) is 6.92 Å². The first-order valence-electron chi connectivity index (χ1n) is 24.1. The molecule has 3 heterocycles. The van der Waals surface area contributed by atoms with Crippen molar-refractivity contribution in [3.8, 4) is 0 Å². The topological polar surface area (TPSA) is 356 Å². The molecule has 0 aromatic heterocycles. The van der Waals surface area contributed by atoms with Crippen molar-refractivity contribution in [3.05, 3.63) is 12.2 Å². The van der Waals surface area contributed by atoms with Gasteiger partial charge < -0.3 is 99.9 Å². The first-order chi connectivity index (χ1) is 31.6. The van der Waals surface area contributed by atoms with Gasteiger partial charge in [0.2, 0.25) is 0 Å². The van der Waals surface area contributed by atoms with Gasteiger partial charge in [0.1, 0.15) is 79.4 Å². The quantitative estimate of drug-likeness (QED) is 0.0654. The van der Waals surface area contributed by atoms with Crippen LogP contribution in [-0.2, 0) is 33.2 Å². The number of rotatable bonds is 7. The van der Waals surface area contributed by atoms with Crippen LogP contribution in [0.15, 0.2) is 12.2 Å². The van der Waals surface area contributed by atoms with Crippen LogP contribution < -0.4 is 0 Å². The van der Waals surface area contributed by atoms with Gasteiger partial charge in [0.05, 0.1) is 42.5 Å². The zero-order chi connectivity index (χ0) is 48.4. The molecule has 6 aliphatic carbocycles. The van der Waals surface area contributed by atoms with Crippen LogP contribution in [0.25, 0.3) is 0 Å². The predicted octanol–water partition coefficient (Wildman–Crippen LogP) is -4.18. The molecule has 9 fully saturated rings. The highest BCUT2D eigenvalue weighted by atomic mass is 16.8. The van der Waals surface area contributed by atoms with Gasteiger partial charge in [-0.1, -0.05) is 25.5 Å². The molecule has 0 aromatic carbocycles. The SMILES string of the molecule is C=C1CC23CC[C@@H]4[C@](C)(C(=O)OC5C[C@H](CO)[C@@H](O)[C@H](O)[C@H]5O)CCC[C@@]4(C)C2CC2O[C@@H]4O[C@H](CO)[C@@H](O)C(O[C@@H]5C[C@H](CO)[C@@H](O)[C@H](O)[C@H]5O)[C@H]4O[C@@H]4O[C@H](C(O)C12C3)[C@@H](O)[C@H](O)[C@H]4O. The Balaban J connectivity index is 1.08. The van der Waals surface area contributed by atoms with Gasteiger partial charge >= 0.3 is 5.97 Å². The first kappa shape index (κ1) is 50.4. The van der Waals surface area contributed by atoms with Crippen molar-refractivity contribution in [2.45, 2.75) is 201 Å². The fourth-order valence-corrected chi connectivity index (χ4v) is 15.2. The van der Waals surface area contributed by atoms with Gasteiger partial charge in [-0.3, -0.25) is 4.79 Å². The van der Waals surface area contributed by atoms with Crippen LogP contribution in [0.4, 0.5) is 0 Å². The molecule has 9 aliphatic rings. The van der Waals surface area contributed by atoms with E-state index in [1.54, 1.807) is 0 Å². The van der Waals surface area contributed by atoms with Crippen LogP contribution in [0, 0.1) is 45.3 Å². The second-order valence-electron chi connectivity index (χ2n) is 22.2. The van der Waals surface area contributed by atoms with Crippen LogP contribution in [0.3, 0.4) is 0 Å². The second kappa shape index (κ2) is 18.2. The number of aliphatic hydroxyl groups is 14. The molecule has 6 saturated carbocycles. The molecule has 4 bridgehead atoms. The number of aliphatic hydroxyl groups excluding tert-OH is 14. The van der Waals surface area contributed by atoms with E-state index >= 15 is 0 Å². The van der Waals surface area contributed by atoms with E-state index in [4.69, 9.17) is 28.4 Å². The molecule has 21 heteroatoms. The van der Waals surface area contributed by atoms with Gasteiger partial charge in [-0.05, 0) is 87.4 Å². The third kappa shape index (κ3) is 7.63. The van der Waals surface area contributed by atoms with Crippen molar-refractivity contribution < 1.29 is 105 Å². The summed E-state index contributed by atoms with van der Waals surface area (Å²) in [6.45, 7) is 6.68. The average Bonchev–Trinajstić information content (AvgIpc) is 3.55. The molecule has 9 rings (SSSR count). The van der Waals surface area contributed by atoms with E-state index in [9.17, 15) is 76.3 Å². The van der Waals surface area contributed by atoms with Crippen molar-refractivity contribution >= 4 is 5.97 Å². The largest absolute Gasteiger partial charge is 0.459 e. The Morgan fingerprint density at radius 3 is 1.90 bits per heavy atom. The molecule has 21 nitrogen and oxygen atoms in total. The molecule has 0 radical (unpaired) electrons. The minimum atomic E-state index is -1.93. The molecule has 0 aromatic rings. The third-order valence-electron chi connectivity index (χ3n) is 18.9. The van der Waals surface area contributed by atoms with E-state index in [0.29, 0.717) is 44.1 Å². The molecular formula is C46H72O21. The van der Waals surface area contributed by atoms with Crippen LogP contribution in [0.1, 0.15) is 78.1 Å². The van der Waals surface area contributed by atoms with Crippen molar-refractivity contribution in [1.29, 1.82) is 0 Å². The zero-order valence-electron chi connectivity index (χ0n) is 37.9. The Morgan fingerprint density at radius 2 is 1.25 bits per heavy atom. The zero-order valence-corrected chi connectivity index (χ0v) is 37.9. The standard InChI is InChI=1S/C46H72O21/c1-17-12-45-8-5-23-43(2,6-4-7-44(23,3)42(61)64-21-10-19(14-48)27(51)32(56)29(21)53)24(45)11-25-46(17,16-45)39(60)37-34(58)33(57)35(59)40(66-37)67-38-36(30(54)22(15-49)63-41(38)65-25)62-20-9-18(13-47)26(50)31(55)28(20)52/h18-41,47-60H,1,4-16H2,2-3H3/t18-,19-,20-,21?,22-,23+,24?,25?,26-,27-,28+,29+,30-,31+,32+,33+,34+,35-,36?,37+,38-,39?,40+,41+,43-,44-,45?,46?/m1/s1. The molecule has 28 atom stereocenters. The number of hydrogen-bond acceptors (Lipinski definition) is 21. The number of carbonyl (C=O) groups excluding carboxylic acids is 1. The average molecular weight is 961 g/mol. The van der Waals surface area contributed by atoms with E-state index in [2.05, 4.69) is 13.5 Å². The lowest BCUT2D eigenvalue weighted by atomic mass is 9.40. The summed E-state index contributed by atoms with van der Waals surface area (Å²) in [5.41, 5.74) is -3.05. The summed E-state index contributed by atoms with van der Waals surface area (Å²) in [4.78, 5) is 14.6. The molecule has 67 heavy (non-hydrogen) atoms. The number of carbonyl (C=O) groups is 1. The summed E-state index contributed by atoms with van der Waals surface area (Å²) in [5.74, 6) is -2.87. The van der Waals surface area contributed by atoms with Crippen LogP contribution in [-0.4, -0.2) is 220 Å². The Kier molecular flexibility index (Phi) is 13.7. The van der Waals surface area contributed by atoms with Gasteiger partial charge in [0.15, 0.2) is 12.6 Å². The van der Waals surface area contributed by atoms with Crippen molar-refractivity contribution in [3.63, 3.8) is 0 Å². The molecule has 3 saturated heterocycles. The Morgan fingerprint density at radius 1 is 0.642 bits per heavy atom. The smallest absolute Gasteiger partial charge is 0.312 e. The highest BCUT2D eigenvalue weighted by Gasteiger charge is 2.74. The number of esters is 1. The van der Waals surface area contributed by atoms with E-state index in [-0.39, 0.29) is 37.5 Å². The van der Waals surface area contributed by atoms with Crippen LogP contribution in [0.2, 0.25) is 0 Å². The molecular weight excluding hydrogens is 888 g/mol. The summed E-state index contributed by atoms with van der Waals surface area (Å²) in [7, 11) is 0. The fraction of sp³-hybridized carbons (Fsp3) is 0.935. The van der Waals surface area contributed by atoms with Crippen molar-refractivity contribution in [1.82, 2.24) is 0 Å².